The van der Waals surface area contributed by atoms with Gasteiger partial charge in [-0.3, -0.25) is 0 Å². The average Bonchev–Trinajstić information content (AvgIpc) is 3.42. The van der Waals surface area contributed by atoms with E-state index in [9.17, 15) is 4.79 Å². The second-order valence-electron chi connectivity index (χ2n) is 6.33. The molecule has 0 aliphatic carbocycles. The zero-order valence-corrected chi connectivity index (χ0v) is 16.6. The van der Waals surface area contributed by atoms with Crippen molar-refractivity contribution in [3.63, 3.8) is 0 Å². The first-order valence-electron chi connectivity index (χ1n) is 9.59. The van der Waals surface area contributed by atoms with Gasteiger partial charge in [-0.25, -0.2) is 14.2 Å². The summed E-state index contributed by atoms with van der Waals surface area (Å²) in [7, 11) is 0. The van der Waals surface area contributed by atoms with Gasteiger partial charge in [0, 0.05) is 11.9 Å². The van der Waals surface area contributed by atoms with Gasteiger partial charge in [-0.05, 0) is 43.2 Å². The van der Waals surface area contributed by atoms with Crippen molar-refractivity contribution in [2.24, 2.45) is 0 Å². The van der Waals surface area contributed by atoms with Gasteiger partial charge in [-0.2, -0.15) is 10.2 Å². The number of carbonyl (C=O) groups is 1. The number of hydrogen-bond acceptors (Lipinski definition) is 3. The molecule has 2 aromatic carbocycles. The molecule has 0 aliphatic heterocycles. The molecule has 1 N–H and O–H groups in total. The Morgan fingerprint density at radius 1 is 0.828 bits per heavy atom. The molecule has 0 bridgehead atoms. The molecule has 6 heteroatoms. The molecule has 0 saturated heterocycles. The summed E-state index contributed by atoms with van der Waals surface area (Å²) in [6, 6.07) is 21.7. The Hall–Kier alpha value is -3.67. The second-order valence-corrected chi connectivity index (χ2v) is 6.33. The van der Waals surface area contributed by atoms with Crippen molar-refractivity contribution in [3.8, 4) is 11.4 Å². The molecule has 2 heterocycles. The minimum Gasteiger partial charge on any atom is -0.478 e. The molecule has 6 nitrogen and oxygen atoms in total. The lowest BCUT2D eigenvalue weighted by Gasteiger charge is -2.05. The summed E-state index contributed by atoms with van der Waals surface area (Å²) in [5.41, 5.74) is 4.24. The molecular formula is C23H24N4O2. The van der Waals surface area contributed by atoms with E-state index >= 15 is 0 Å². The number of para-hydroxylation sites is 2. The standard InChI is InChI=1S/C12H12N2O2.C11H12N2/c1-2-11-10(12(15)16)8-13-14(11)9-6-4-3-5-7-9;1-2-10-8-9-12-13(10)11-6-4-3-5-7-11/h3-8H,2H2,1H3,(H,15,16);3-9H,2H2,1H3. The number of carboxylic acids is 1. The van der Waals surface area contributed by atoms with Crippen LogP contribution in [0.2, 0.25) is 0 Å². The number of aromatic carboxylic acids is 1. The normalized spacial score (nSPS) is 10.3. The highest BCUT2D eigenvalue weighted by Gasteiger charge is 2.15. The summed E-state index contributed by atoms with van der Waals surface area (Å²) in [5.74, 6) is -0.931. The Kier molecular flexibility index (Phi) is 6.58. The highest BCUT2D eigenvalue weighted by molar-refractivity contribution is 5.88. The number of carboxylic acid groups (broad SMARTS) is 1. The summed E-state index contributed by atoms with van der Waals surface area (Å²) in [6.45, 7) is 4.05. The quantitative estimate of drug-likeness (QED) is 0.544. The molecule has 0 unspecified atom stereocenters. The predicted octanol–water partition coefficient (Wildman–Crippen LogP) is 4.57. The highest BCUT2D eigenvalue weighted by Crippen LogP contribution is 2.15. The van der Waals surface area contributed by atoms with Gasteiger partial charge in [0.05, 0.1) is 23.3 Å². The smallest absolute Gasteiger partial charge is 0.339 e. The van der Waals surface area contributed by atoms with Gasteiger partial charge in [0.1, 0.15) is 5.56 Å². The van der Waals surface area contributed by atoms with E-state index in [-0.39, 0.29) is 5.56 Å². The van der Waals surface area contributed by atoms with Crippen molar-refractivity contribution < 1.29 is 9.90 Å². The maximum Gasteiger partial charge on any atom is 0.339 e. The largest absolute Gasteiger partial charge is 0.478 e. The molecule has 2 aromatic heterocycles. The fourth-order valence-corrected chi connectivity index (χ4v) is 3.08. The number of aromatic nitrogens is 4. The molecular weight excluding hydrogens is 364 g/mol. The van der Waals surface area contributed by atoms with E-state index in [1.54, 1.807) is 4.68 Å². The Bertz CT molecular complexity index is 1050. The first-order valence-corrected chi connectivity index (χ1v) is 9.59. The maximum absolute atomic E-state index is 11.0. The zero-order chi connectivity index (χ0) is 20.6. The Labute approximate surface area is 170 Å². The predicted molar refractivity (Wildman–Crippen MR) is 113 cm³/mol. The Morgan fingerprint density at radius 2 is 1.41 bits per heavy atom. The van der Waals surface area contributed by atoms with Crippen LogP contribution in [0.4, 0.5) is 0 Å². The summed E-state index contributed by atoms with van der Waals surface area (Å²) >= 11 is 0. The van der Waals surface area contributed by atoms with Gasteiger partial charge in [-0.1, -0.05) is 50.2 Å². The molecule has 4 rings (SSSR count). The first-order chi connectivity index (χ1) is 14.2. The number of nitrogens with zero attached hydrogens (tertiary/aromatic N) is 4. The van der Waals surface area contributed by atoms with Crippen LogP contribution in [0, 0.1) is 0 Å². The van der Waals surface area contributed by atoms with E-state index in [2.05, 4.69) is 29.3 Å². The van der Waals surface area contributed by atoms with Crippen molar-refractivity contribution >= 4 is 5.97 Å². The van der Waals surface area contributed by atoms with Crippen molar-refractivity contribution in [1.82, 2.24) is 19.6 Å². The van der Waals surface area contributed by atoms with E-state index in [0.29, 0.717) is 6.42 Å². The van der Waals surface area contributed by atoms with Crippen LogP contribution >= 0.6 is 0 Å². The van der Waals surface area contributed by atoms with Gasteiger partial charge in [-0.15, -0.1) is 0 Å². The molecule has 0 radical (unpaired) electrons. The van der Waals surface area contributed by atoms with Crippen molar-refractivity contribution in [2.75, 3.05) is 0 Å². The van der Waals surface area contributed by atoms with Crippen LogP contribution in [0.25, 0.3) is 11.4 Å². The van der Waals surface area contributed by atoms with Crippen LogP contribution in [0.15, 0.2) is 79.1 Å². The van der Waals surface area contributed by atoms with Gasteiger partial charge < -0.3 is 5.11 Å². The molecule has 0 saturated carbocycles. The molecule has 0 fully saturated rings. The third-order valence-electron chi connectivity index (χ3n) is 4.52. The monoisotopic (exact) mass is 388 g/mol. The summed E-state index contributed by atoms with van der Waals surface area (Å²) < 4.78 is 3.64. The summed E-state index contributed by atoms with van der Waals surface area (Å²) in [6.07, 6.45) is 4.88. The molecule has 4 aromatic rings. The minimum atomic E-state index is -0.931. The molecule has 0 aliphatic rings. The molecule has 148 valence electrons. The minimum absolute atomic E-state index is 0.270. The van der Waals surface area contributed by atoms with Crippen LogP contribution < -0.4 is 0 Å². The molecule has 0 spiro atoms. The fraction of sp³-hybridized carbons (Fsp3) is 0.174. The van der Waals surface area contributed by atoms with Crippen molar-refractivity contribution in [1.29, 1.82) is 0 Å². The van der Waals surface area contributed by atoms with Crippen LogP contribution in [-0.4, -0.2) is 30.6 Å². The van der Waals surface area contributed by atoms with Crippen LogP contribution in [-0.2, 0) is 12.8 Å². The summed E-state index contributed by atoms with van der Waals surface area (Å²) in [5, 5.41) is 17.4. The molecule has 0 amide bonds. The number of hydrogen-bond donors (Lipinski definition) is 1. The van der Waals surface area contributed by atoms with E-state index < -0.39 is 5.97 Å². The van der Waals surface area contributed by atoms with Gasteiger partial charge in [0.2, 0.25) is 0 Å². The van der Waals surface area contributed by atoms with Crippen molar-refractivity contribution in [2.45, 2.75) is 26.7 Å². The average molecular weight is 388 g/mol. The van der Waals surface area contributed by atoms with E-state index in [1.165, 1.54) is 11.9 Å². The van der Waals surface area contributed by atoms with E-state index in [4.69, 9.17) is 5.11 Å². The third-order valence-corrected chi connectivity index (χ3v) is 4.52. The third kappa shape index (κ3) is 4.60. The topological polar surface area (TPSA) is 72.9 Å². The zero-order valence-electron chi connectivity index (χ0n) is 16.6. The Morgan fingerprint density at radius 3 is 1.93 bits per heavy atom. The summed E-state index contributed by atoms with van der Waals surface area (Å²) in [4.78, 5) is 11.0. The second kappa shape index (κ2) is 9.50. The molecule has 0 atom stereocenters. The number of aryl methyl sites for hydroxylation is 1. The SMILES string of the molecule is CCc1c(C(=O)O)cnn1-c1ccccc1.CCc1ccnn1-c1ccccc1. The van der Waals surface area contributed by atoms with Gasteiger partial charge in [0.25, 0.3) is 0 Å². The van der Waals surface area contributed by atoms with Gasteiger partial charge in [0.15, 0.2) is 0 Å². The van der Waals surface area contributed by atoms with Crippen LogP contribution in [0.3, 0.4) is 0 Å². The molecule has 29 heavy (non-hydrogen) atoms. The fourth-order valence-electron chi connectivity index (χ4n) is 3.08. The maximum atomic E-state index is 11.0. The lowest BCUT2D eigenvalue weighted by molar-refractivity contribution is 0.0695. The Balaban J connectivity index is 0.000000169. The number of rotatable bonds is 5. The lowest BCUT2D eigenvalue weighted by atomic mass is 10.2. The van der Waals surface area contributed by atoms with Crippen LogP contribution in [0.5, 0.6) is 0 Å². The lowest BCUT2D eigenvalue weighted by Crippen LogP contribution is -2.05. The number of benzene rings is 2. The van der Waals surface area contributed by atoms with Crippen molar-refractivity contribution in [3.05, 3.63) is 96.1 Å². The van der Waals surface area contributed by atoms with Gasteiger partial charge >= 0.3 is 5.97 Å². The van der Waals surface area contributed by atoms with E-state index in [1.807, 2.05) is 72.4 Å². The van der Waals surface area contributed by atoms with Crippen LogP contribution in [0.1, 0.15) is 35.6 Å². The highest BCUT2D eigenvalue weighted by atomic mass is 16.4. The van der Waals surface area contributed by atoms with E-state index in [0.717, 1.165) is 23.5 Å². The first kappa shape index (κ1) is 20.1.